The number of carbonyl (C=O) groups is 1. The van der Waals surface area contributed by atoms with Gasteiger partial charge in [-0.25, -0.2) is 0 Å². The Kier molecular flexibility index (Phi) is 7.85. The Balaban J connectivity index is 1.43. The van der Waals surface area contributed by atoms with Gasteiger partial charge in [0.25, 0.3) is 11.5 Å². The van der Waals surface area contributed by atoms with Crippen LogP contribution in [0.15, 0.2) is 83.0 Å². The number of hydrogen-bond acceptors (Lipinski definition) is 5. The normalized spacial score (nSPS) is 17.8. The summed E-state index contributed by atoms with van der Waals surface area (Å²) in [6.07, 6.45) is 4.76. The largest absolute Gasteiger partial charge is 0.369 e. The average molecular weight is 546 g/mol. The van der Waals surface area contributed by atoms with E-state index in [9.17, 15) is 9.59 Å². The molecular formula is C29H31N5O2S2. The van der Waals surface area contributed by atoms with E-state index in [1.165, 1.54) is 0 Å². The third-order valence-electron chi connectivity index (χ3n) is 7.06. The molecule has 0 radical (unpaired) electrons. The van der Waals surface area contributed by atoms with Crippen molar-refractivity contribution in [2.24, 2.45) is 5.92 Å². The van der Waals surface area contributed by atoms with E-state index < -0.39 is 0 Å². The van der Waals surface area contributed by atoms with Crippen LogP contribution in [0.3, 0.4) is 0 Å². The van der Waals surface area contributed by atoms with Gasteiger partial charge in [0.1, 0.15) is 0 Å². The minimum atomic E-state index is -0.171. The van der Waals surface area contributed by atoms with Gasteiger partial charge in [0.2, 0.25) is 0 Å². The first-order valence-electron chi connectivity index (χ1n) is 12.6. The molecule has 9 heteroatoms. The van der Waals surface area contributed by atoms with E-state index >= 15 is 0 Å². The van der Waals surface area contributed by atoms with Crippen LogP contribution in [0, 0.1) is 5.92 Å². The standard InChI is InChI=1S/C29H31N5O2S2/c1-3-12-30-28(36)20-10-11-26(24(14-20)32-29(37)31-22-6-4-7-23(15-22)38-2)33-16-19-13-21(18-33)25-8-5-9-27(35)34(25)17-19/h3-11,14-15,19,21H,1,12-13,16-18H2,2H3,(H,30,36)(H2,31,32,37)/t19-,21+/m1/s1. The highest BCUT2D eigenvalue weighted by atomic mass is 32.2. The Morgan fingerprint density at radius 3 is 2.76 bits per heavy atom. The maximum atomic E-state index is 12.7. The second-order valence-corrected chi connectivity index (χ2v) is 10.9. The fourth-order valence-corrected chi connectivity index (χ4v) is 6.09. The van der Waals surface area contributed by atoms with Crippen molar-refractivity contribution in [3.63, 3.8) is 0 Å². The summed E-state index contributed by atoms with van der Waals surface area (Å²) in [5.74, 6) is 0.457. The summed E-state index contributed by atoms with van der Waals surface area (Å²) in [7, 11) is 0. The number of pyridine rings is 1. The lowest BCUT2D eigenvalue weighted by atomic mass is 9.83. The molecule has 2 atom stereocenters. The quantitative estimate of drug-likeness (QED) is 0.221. The van der Waals surface area contributed by atoms with Crippen molar-refractivity contribution in [2.45, 2.75) is 23.8 Å². The van der Waals surface area contributed by atoms with Crippen molar-refractivity contribution in [3.05, 3.63) is 94.9 Å². The number of thioether (sulfide) groups is 1. The fourth-order valence-electron chi connectivity index (χ4n) is 5.40. The van der Waals surface area contributed by atoms with Gasteiger partial charge in [0, 0.05) is 60.0 Å². The second kappa shape index (κ2) is 11.4. The molecule has 0 saturated carbocycles. The van der Waals surface area contributed by atoms with Gasteiger partial charge in [0.05, 0.1) is 11.4 Å². The van der Waals surface area contributed by atoms with Crippen molar-refractivity contribution in [2.75, 3.05) is 41.4 Å². The van der Waals surface area contributed by atoms with Crippen molar-refractivity contribution in [1.29, 1.82) is 0 Å². The lowest BCUT2D eigenvalue weighted by molar-refractivity contribution is 0.0958. The van der Waals surface area contributed by atoms with Crippen LogP contribution in [0.1, 0.15) is 28.4 Å². The predicted octanol–water partition coefficient (Wildman–Crippen LogP) is 4.92. The van der Waals surface area contributed by atoms with Gasteiger partial charge in [-0.2, -0.15) is 0 Å². The number of rotatable bonds is 7. The average Bonchev–Trinajstić information content (AvgIpc) is 2.92. The predicted molar refractivity (Wildman–Crippen MR) is 161 cm³/mol. The number of nitrogens with one attached hydrogen (secondary N) is 3. The summed E-state index contributed by atoms with van der Waals surface area (Å²) in [4.78, 5) is 28.7. The molecule has 38 heavy (non-hydrogen) atoms. The van der Waals surface area contributed by atoms with Crippen molar-refractivity contribution >= 4 is 52.1 Å². The number of benzene rings is 2. The zero-order valence-corrected chi connectivity index (χ0v) is 22.9. The Labute approximate surface area is 232 Å². The molecule has 2 aliphatic heterocycles. The Bertz CT molecular complexity index is 1440. The summed E-state index contributed by atoms with van der Waals surface area (Å²) in [5, 5.41) is 9.92. The molecule has 1 aromatic heterocycles. The number of piperidine rings is 1. The number of hydrogen-bond donors (Lipinski definition) is 3. The van der Waals surface area contributed by atoms with Gasteiger partial charge in [-0.3, -0.25) is 9.59 Å². The minimum absolute atomic E-state index is 0.0739. The highest BCUT2D eigenvalue weighted by molar-refractivity contribution is 7.98. The molecule has 196 valence electrons. The van der Waals surface area contributed by atoms with E-state index in [0.29, 0.717) is 23.1 Å². The second-order valence-electron chi connectivity index (χ2n) is 9.64. The Hall–Kier alpha value is -3.56. The molecule has 0 spiro atoms. The zero-order chi connectivity index (χ0) is 26.6. The SMILES string of the molecule is C=CCNC(=O)c1ccc(N2C[C@H]3C[C@@H](C2)c2cccc(=O)n2C3)c(NC(=S)Nc2cccc(SC)c2)c1. The molecule has 0 aliphatic carbocycles. The van der Waals surface area contributed by atoms with E-state index in [0.717, 1.165) is 53.7 Å². The third-order valence-corrected chi connectivity index (χ3v) is 7.99. The summed E-state index contributed by atoms with van der Waals surface area (Å²) < 4.78 is 1.93. The van der Waals surface area contributed by atoms with Crippen molar-refractivity contribution < 1.29 is 4.79 Å². The molecular weight excluding hydrogens is 514 g/mol. The summed E-state index contributed by atoms with van der Waals surface area (Å²) in [6, 6.07) is 19.3. The first kappa shape index (κ1) is 26.1. The highest BCUT2D eigenvalue weighted by Gasteiger charge is 2.35. The van der Waals surface area contributed by atoms with E-state index in [1.807, 2.05) is 53.3 Å². The molecule has 1 saturated heterocycles. The van der Waals surface area contributed by atoms with Crippen LogP contribution in [0.5, 0.6) is 0 Å². The van der Waals surface area contributed by atoms with E-state index in [4.69, 9.17) is 12.2 Å². The first-order valence-corrected chi connectivity index (χ1v) is 14.3. The summed E-state index contributed by atoms with van der Waals surface area (Å²) in [5.41, 5.74) is 4.35. The van der Waals surface area contributed by atoms with Crippen LogP contribution in [0.2, 0.25) is 0 Å². The molecule has 3 aromatic rings. The van der Waals surface area contributed by atoms with E-state index in [1.54, 1.807) is 23.9 Å². The van der Waals surface area contributed by atoms with Gasteiger partial charge in [-0.05, 0) is 73.3 Å². The monoisotopic (exact) mass is 545 g/mol. The van der Waals surface area contributed by atoms with Gasteiger partial charge >= 0.3 is 0 Å². The van der Waals surface area contributed by atoms with Crippen LogP contribution >= 0.6 is 24.0 Å². The number of anilines is 3. The number of thiocarbonyl (C=S) groups is 1. The van der Waals surface area contributed by atoms with Gasteiger partial charge in [0.15, 0.2) is 5.11 Å². The number of aromatic nitrogens is 1. The molecule has 2 aromatic carbocycles. The van der Waals surface area contributed by atoms with Gasteiger partial charge in [-0.15, -0.1) is 18.3 Å². The highest BCUT2D eigenvalue weighted by Crippen LogP contribution is 2.39. The number of amides is 1. The summed E-state index contributed by atoms with van der Waals surface area (Å²) in [6.45, 7) is 6.40. The molecule has 3 heterocycles. The number of nitrogens with zero attached hydrogens (tertiary/aromatic N) is 2. The summed E-state index contributed by atoms with van der Waals surface area (Å²) >= 11 is 7.35. The number of carbonyl (C=O) groups excluding carboxylic acids is 1. The molecule has 7 nitrogen and oxygen atoms in total. The Morgan fingerprint density at radius 1 is 1.11 bits per heavy atom. The molecule has 1 fully saturated rings. The maximum absolute atomic E-state index is 12.7. The molecule has 2 aliphatic rings. The minimum Gasteiger partial charge on any atom is -0.369 e. The Morgan fingerprint density at radius 2 is 1.95 bits per heavy atom. The fraction of sp³-hybridized carbons (Fsp3) is 0.276. The molecule has 2 bridgehead atoms. The van der Waals surface area contributed by atoms with E-state index in [2.05, 4.69) is 39.6 Å². The van der Waals surface area contributed by atoms with Crippen LogP contribution in [0.25, 0.3) is 0 Å². The molecule has 3 N–H and O–H groups in total. The zero-order valence-electron chi connectivity index (χ0n) is 21.3. The van der Waals surface area contributed by atoms with Crippen molar-refractivity contribution in [1.82, 2.24) is 9.88 Å². The maximum Gasteiger partial charge on any atom is 0.251 e. The van der Waals surface area contributed by atoms with Crippen LogP contribution in [-0.4, -0.2) is 41.5 Å². The number of fused-ring (bicyclic) bond motifs is 4. The van der Waals surface area contributed by atoms with Gasteiger partial charge in [-0.1, -0.05) is 18.2 Å². The first-order chi connectivity index (χ1) is 18.4. The van der Waals surface area contributed by atoms with E-state index in [-0.39, 0.29) is 17.4 Å². The van der Waals surface area contributed by atoms with Crippen LogP contribution < -0.4 is 26.4 Å². The van der Waals surface area contributed by atoms with Crippen LogP contribution in [-0.2, 0) is 6.54 Å². The third kappa shape index (κ3) is 5.63. The van der Waals surface area contributed by atoms with Gasteiger partial charge < -0.3 is 25.4 Å². The lowest BCUT2D eigenvalue weighted by Gasteiger charge is -2.44. The molecule has 5 rings (SSSR count). The van der Waals surface area contributed by atoms with Crippen molar-refractivity contribution in [3.8, 4) is 0 Å². The topological polar surface area (TPSA) is 78.4 Å². The van der Waals surface area contributed by atoms with Crippen LogP contribution in [0.4, 0.5) is 17.1 Å². The smallest absolute Gasteiger partial charge is 0.251 e. The molecule has 0 unspecified atom stereocenters. The lowest BCUT2D eigenvalue weighted by Crippen LogP contribution is -2.47. The molecule has 1 amide bonds.